The van der Waals surface area contributed by atoms with Gasteiger partial charge in [-0.05, 0) is 53.4 Å². The van der Waals surface area contributed by atoms with Gasteiger partial charge in [0.25, 0.3) is 0 Å². The van der Waals surface area contributed by atoms with Crippen molar-refractivity contribution in [2.24, 2.45) is 0 Å². The molecule has 0 radical (unpaired) electrons. The quantitative estimate of drug-likeness (QED) is 0.867. The highest BCUT2D eigenvalue weighted by atomic mass is 79.9. The Bertz CT molecular complexity index is 628. The van der Waals surface area contributed by atoms with Crippen LogP contribution in [0.25, 0.3) is 0 Å². The van der Waals surface area contributed by atoms with Gasteiger partial charge in [0.05, 0.1) is 4.90 Å². The fraction of sp³-hybridized carbons (Fsp3) is 0.364. The molecule has 2 rings (SSSR count). The van der Waals surface area contributed by atoms with Crippen molar-refractivity contribution in [3.8, 4) is 0 Å². The van der Waals surface area contributed by atoms with Crippen LogP contribution in [0.2, 0.25) is 0 Å². The van der Waals surface area contributed by atoms with E-state index < -0.39 is 27.3 Å². The molecule has 1 fully saturated rings. The van der Waals surface area contributed by atoms with Crippen LogP contribution in [-0.4, -0.2) is 25.0 Å². The van der Waals surface area contributed by atoms with Crippen molar-refractivity contribution >= 4 is 31.9 Å². The maximum Gasteiger partial charge on any atom is 0.324 e. The maximum absolute atomic E-state index is 12.9. The molecule has 0 unspecified atom stereocenters. The number of rotatable bonds is 4. The summed E-state index contributed by atoms with van der Waals surface area (Å²) in [5.74, 6) is -1.78. The topological polar surface area (TPSA) is 83.5 Å². The Morgan fingerprint density at radius 1 is 1.42 bits per heavy atom. The second kappa shape index (κ2) is 4.84. The molecule has 0 amide bonds. The average molecular weight is 352 g/mol. The summed E-state index contributed by atoms with van der Waals surface area (Å²) in [5, 5.41) is 9.11. The number of carboxylic acids is 1. The largest absolute Gasteiger partial charge is 0.480 e. The number of hydrogen-bond donors (Lipinski definition) is 2. The van der Waals surface area contributed by atoms with Crippen molar-refractivity contribution in [2.45, 2.75) is 29.7 Å². The SMILES string of the molecule is O=C(O)C1(NS(=O)(=O)c2ccc(F)cc2Br)CCC1. The molecule has 104 valence electrons. The van der Waals surface area contributed by atoms with Gasteiger partial charge < -0.3 is 5.11 Å². The highest BCUT2D eigenvalue weighted by molar-refractivity contribution is 9.10. The molecule has 0 aliphatic heterocycles. The van der Waals surface area contributed by atoms with Gasteiger partial charge in [0.1, 0.15) is 11.4 Å². The first kappa shape index (κ1) is 14.4. The molecule has 1 saturated carbocycles. The van der Waals surface area contributed by atoms with E-state index >= 15 is 0 Å². The summed E-state index contributed by atoms with van der Waals surface area (Å²) in [4.78, 5) is 11.0. The van der Waals surface area contributed by atoms with Crippen molar-refractivity contribution in [3.63, 3.8) is 0 Å². The fourth-order valence-electron chi connectivity index (χ4n) is 1.90. The van der Waals surface area contributed by atoms with E-state index in [9.17, 15) is 17.6 Å². The summed E-state index contributed by atoms with van der Waals surface area (Å²) >= 11 is 2.96. The number of aliphatic carboxylic acids is 1. The summed E-state index contributed by atoms with van der Waals surface area (Å²) < 4.78 is 39.5. The minimum absolute atomic E-state index is 0.0554. The smallest absolute Gasteiger partial charge is 0.324 e. The molecule has 0 atom stereocenters. The maximum atomic E-state index is 12.9. The predicted molar refractivity (Wildman–Crippen MR) is 68.6 cm³/mol. The van der Waals surface area contributed by atoms with Crippen molar-refractivity contribution in [1.82, 2.24) is 4.72 Å². The van der Waals surface area contributed by atoms with Gasteiger partial charge in [-0.1, -0.05) is 0 Å². The van der Waals surface area contributed by atoms with Crippen LogP contribution in [0.15, 0.2) is 27.6 Å². The second-order valence-electron chi connectivity index (χ2n) is 4.42. The van der Waals surface area contributed by atoms with Crippen molar-refractivity contribution in [1.29, 1.82) is 0 Å². The lowest BCUT2D eigenvalue weighted by Gasteiger charge is -2.37. The van der Waals surface area contributed by atoms with E-state index in [0.717, 1.165) is 18.2 Å². The van der Waals surface area contributed by atoms with Gasteiger partial charge in [0.15, 0.2) is 0 Å². The van der Waals surface area contributed by atoms with E-state index in [1.54, 1.807) is 0 Å². The number of carboxylic acid groups (broad SMARTS) is 1. The Hall–Kier alpha value is -0.990. The van der Waals surface area contributed by atoms with Gasteiger partial charge >= 0.3 is 5.97 Å². The fourth-order valence-corrected chi connectivity index (χ4v) is 4.36. The zero-order valence-corrected chi connectivity index (χ0v) is 12.1. The molecule has 1 aromatic carbocycles. The summed E-state index contributed by atoms with van der Waals surface area (Å²) in [5.41, 5.74) is -1.44. The van der Waals surface area contributed by atoms with Crippen molar-refractivity contribution in [2.75, 3.05) is 0 Å². The zero-order chi connectivity index (χ0) is 14.3. The van der Waals surface area contributed by atoms with Crippen LogP contribution in [0.1, 0.15) is 19.3 Å². The van der Waals surface area contributed by atoms with Crippen molar-refractivity contribution < 1.29 is 22.7 Å². The molecule has 0 aromatic heterocycles. The minimum atomic E-state index is -4.02. The Balaban J connectivity index is 2.35. The molecule has 5 nitrogen and oxygen atoms in total. The Kier molecular flexibility index (Phi) is 3.67. The molecule has 0 heterocycles. The van der Waals surface area contributed by atoms with Gasteiger partial charge in [0.2, 0.25) is 10.0 Å². The summed E-state index contributed by atoms with van der Waals surface area (Å²) in [6, 6.07) is 3.12. The zero-order valence-electron chi connectivity index (χ0n) is 9.69. The van der Waals surface area contributed by atoms with Crippen LogP contribution in [0.3, 0.4) is 0 Å². The highest BCUT2D eigenvalue weighted by Gasteiger charge is 2.47. The van der Waals surface area contributed by atoms with E-state index in [1.165, 1.54) is 0 Å². The van der Waals surface area contributed by atoms with Gasteiger partial charge in [0, 0.05) is 4.47 Å². The Morgan fingerprint density at radius 3 is 2.47 bits per heavy atom. The third-order valence-electron chi connectivity index (χ3n) is 3.13. The van der Waals surface area contributed by atoms with E-state index in [0.29, 0.717) is 6.42 Å². The Labute approximate surface area is 118 Å². The third-order valence-corrected chi connectivity index (χ3v) is 5.64. The number of benzene rings is 1. The molecule has 1 aromatic rings. The molecule has 0 spiro atoms. The molecule has 0 saturated heterocycles. The van der Waals surface area contributed by atoms with Crippen molar-refractivity contribution in [3.05, 3.63) is 28.5 Å². The molecule has 8 heteroatoms. The van der Waals surface area contributed by atoms with E-state index in [1.807, 2.05) is 0 Å². The first-order valence-electron chi connectivity index (χ1n) is 5.49. The van der Waals surface area contributed by atoms with E-state index in [4.69, 9.17) is 5.11 Å². The van der Waals surface area contributed by atoms with Crippen LogP contribution in [0, 0.1) is 5.82 Å². The average Bonchev–Trinajstić information content (AvgIpc) is 2.22. The lowest BCUT2D eigenvalue weighted by molar-refractivity contribution is -0.147. The monoisotopic (exact) mass is 351 g/mol. The first-order chi connectivity index (χ1) is 8.77. The number of halogens is 2. The normalized spacial score (nSPS) is 17.8. The van der Waals surface area contributed by atoms with Crippen LogP contribution < -0.4 is 4.72 Å². The summed E-state index contributed by atoms with van der Waals surface area (Å²) in [6.45, 7) is 0. The second-order valence-corrected chi connectivity index (χ2v) is 6.93. The van der Waals surface area contributed by atoms with E-state index in [-0.39, 0.29) is 22.2 Å². The van der Waals surface area contributed by atoms with Gasteiger partial charge in [-0.3, -0.25) is 4.79 Å². The minimum Gasteiger partial charge on any atom is -0.480 e. The molecule has 1 aliphatic carbocycles. The number of sulfonamides is 1. The Morgan fingerprint density at radius 2 is 2.05 bits per heavy atom. The number of hydrogen-bond acceptors (Lipinski definition) is 3. The lowest BCUT2D eigenvalue weighted by Crippen LogP contribution is -2.58. The number of nitrogens with one attached hydrogen (secondary N) is 1. The van der Waals surface area contributed by atoms with Gasteiger partial charge in [-0.15, -0.1) is 0 Å². The first-order valence-corrected chi connectivity index (χ1v) is 7.77. The molecule has 1 aliphatic rings. The molecule has 2 N–H and O–H groups in total. The predicted octanol–water partition coefficient (Wildman–Crippen LogP) is 1.87. The third kappa shape index (κ3) is 2.65. The van der Waals surface area contributed by atoms with Gasteiger partial charge in [-0.25, -0.2) is 12.8 Å². The summed E-state index contributed by atoms with van der Waals surface area (Å²) in [7, 11) is -4.02. The van der Waals surface area contributed by atoms with Crippen LogP contribution in [0.4, 0.5) is 4.39 Å². The standard InChI is InChI=1S/C11H11BrFNO4S/c12-8-6-7(13)2-3-9(8)19(17,18)14-11(10(15)16)4-1-5-11/h2-3,6,14H,1,4-5H2,(H,15,16). The van der Waals surface area contributed by atoms with Crippen LogP contribution in [0.5, 0.6) is 0 Å². The molecular weight excluding hydrogens is 341 g/mol. The highest BCUT2D eigenvalue weighted by Crippen LogP contribution is 2.34. The molecule has 0 bridgehead atoms. The van der Waals surface area contributed by atoms with Crippen LogP contribution in [-0.2, 0) is 14.8 Å². The van der Waals surface area contributed by atoms with Gasteiger partial charge in [-0.2, -0.15) is 4.72 Å². The number of carbonyl (C=O) groups is 1. The lowest BCUT2D eigenvalue weighted by atomic mass is 9.78. The summed E-state index contributed by atoms with van der Waals surface area (Å²) in [6.07, 6.45) is 1.15. The molecule has 19 heavy (non-hydrogen) atoms. The molecular formula is C11H11BrFNO4S. The van der Waals surface area contributed by atoms with E-state index in [2.05, 4.69) is 20.7 Å². The van der Waals surface area contributed by atoms with Crippen LogP contribution >= 0.6 is 15.9 Å².